The number of hydrogen-bond acceptors (Lipinski definition) is 4. The molecule has 114 valence electrons. The molecular formula is C14H16F2N2O3. The van der Waals surface area contributed by atoms with Gasteiger partial charge in [0.25, 0.3) is 5.91 Å². The van der Waals surface area contributed by atoms with Crippen LogP contribution in [0.5, 0.6) is 5.75 Å². The van der Waals surface area contributed by atoms with Crippen molar-refractivity contribution in [2.75, 3.05) is 26.8 Å². The lowest BCUT2D eigenvalue weighted by molar-refractivity contribution is -0.0498. The second kappa shape index (κ2) is 8.87. The molecule has 0 radical (unpaired) electrons. The summed E-state index contributed by atoms with van der Waals surface area (Å²) in [5.41, 5.74) is 0.339. The normalized spacial score (nSPS) is 10.2. The van der Waals surface area contributed by atoms with E-state index >= 15 is 0 Å². The first-order valence-corrected chi connectivity index (χ1v) is 6.28. The minimum Gasteiger partial charge on any atom is -0.435 e. The number of rotatable bonds is 8. The molecule has 0 aliphatic rings. The SMILES string of the molecule is COCCN(CCC#N)C(=O)c1ccc(OC(F)F)cc1. The second-order valence-corrected chi connectivity index (χ2v) is 4.10. The van der Waals surface area contributed by atoms with Crippen molar-refractivity contribution in [2.24, 2.45) is 0 Å². The monoisotopic (exact) mass is 298 g/mol. The summed E-state index contributed by atoms with van der Waals surface area (Å²) in [5, 5.41) is 8.61. The van der Waals surface area contributed by atoms with Gasteiger partial charge in [0.2, 0.25) is 0 Å². The minimum atomic E-state index is -2.90. The van der Waals surface area contributed by atoms with Gasteiger partial charge in [0, 0.05) is 25.8 Å². The zero-order valence-corrected chi connectivity index (χ0v) is 11.6. The molecule has 0 bridgehead atoms. The molecule has 0 aliphatic carbocycles. The van der Waals surface area contributed by atoms with Crippen LogP contribution in [0.4, 0.5) is 8.78 Å². The van der Waals surface area contributed by atoms with Gasteiger partial charge in [0.05, 0.1) is 19.1 Å². The van der Waals surface area contributed by atoms with Gasteiger partial charge >= 0.3 is 6.61 Å². The summed E-state index contributed by atoms with van der Waals surface area (Å²) in [7, 11) is 1.52. The van der Waals surface area contributed by atoms with Gasteiger partial charge in [0.15, 0.2) is 0 Å². The first kappa shape index (κ1) is 16.9. The largest absolute Gasteiger partial charge is 0.435 e. The number of methoxy groups -OCH3 is 1. The van der Waals surface area contributed by atoms with Crippen LogP contribution in [-0.2, 0) is 4.74 Å². The third-order valence-corrected chi connectivity index (χ3v) is 2.67. The molecule has 5 nitrogen and oxygen atoms in total. The Morgan fingerprint density at radius 2 is 2.00 bits per heavy atom. The van der Waals surface area contributed by atoms with Crippen molar-refractivity contribution in [1.82, 2.24) is 4.90 Å². The smallest absolute Gasteiger partial charge is 0.387 e. The molecular weight excluding hydrogens is 282 g/mol. The van der Waals surface area contributed by atoms with Crippen LogP contribution in [0.25, 0.3) is 0 Å². The van der Waals surface area contributed by atoms with E-state index in [2.05, 4.69) is 4.74 Å². The number of benzene rings is 1. The van der Waals surface area contributed by atoms with Crippen molar-refractivity contribution in [3.8, 4) is 11.8 Å². The number of amides is 1. The Balaban J connectivity index is 2.75. The van der Waals surface area contributed by atoms with Crippen molar-refractivity contribution in [3.63, 3.8) is 0 Å². The molecule has 1 rings (SSSR count). The second-order valence-electron chi connectivity index (χ2n) is 4.10. The number of hydrogen-bond donors (Lipinski definition) is 0. The zero-order valence-electron chi connectivity index (χ0n) is 11.6. The van der Waals surface area contributed by atoms with Gasteiger partial charge < -0.3 is 14.4 Å². The Kier molecular flexibility index (Phi) is 7.12. The number of nitrogens with zero attached hydrogens (tertiary/aromatic N) is 2. The van der Waals surface area contributed by atoms with Crippen LogP contribution < -0.4 is 4.74 Å². The van der Waals surface area contributed by atoms with Gasteiger partial charge in [-0.3, -0.25) is 4.79 Å². The molecule has 0 atom stereocenters. The standard InChI is InChI=1S/C14H16F2N2O3/c1-20-10-9-18(8-2-7-17)13(19)11-3-5-12(6-4-11)21-14(15)16/h3-6,14H,2,8-10H2,1H3. The van der Waals surface area contributed by atoms with E-state index in [4.69, 9.17) is 10.00 Å². The first-order valence-electron chi connectivity index (χ1n) is 6.28. The lowest BCUT2D eigenvalue weighted by Gasteiger charge is -2.21. The van der Waals surface area contributed by atoms with E-state index in [1.54, 1.807) is 0 Å². The third kappa shape index (κ3) is 5.75. The molecule has 21 heavy (non-hydrogen) atoms. The molecule has 0 N–H and O–H groups in total. The van der Waals surface area contributed by atoms with Crippen molar-refractivity contribution in [2.45, 2.75) is 13.0 Å². The molecule has 0 fully saturated rings. The summed E-state index contributed by atoms with van der Waals surface area (Å²) in [5.74, 6) is -0.298. The number of halogens is 2. The van der Waals surface area contributed by atoms with Crippen molar-refractivity contribution in [1.29, 1.82) is 5.26 Å². The molecule has 1 aromatic rings. The molecule has 1 aromatic carbocycles. The summed E-state index contributed by atoms with van der Waals surface area (Å²) in [6, 6.07) is 7.40. The van der Waals surface area contributed by atoms with Gasteiger partial charge in [-0.05, 0) is 24.3 Å². The molecule has 0 saturated carbocycles. The molecule has 7 heteroatoms. The maximum atomic E-state index is 12.3. The Labute approximate surface area is 121 Å². The maximum absolute atomic E-state index is 12.3. The van der Waals surface area contributed by atoms with E-state index in [1.165, 1.54) is 36.3 Å². The fourth-order valence-electron chi connectivity index (χ4n) is 1.66. The summed E-state index contributed by atoms with van der Waals surface area (Å²) >= 11 is 0. The van der Waals surface area contributed by atoms with Gasteiger partial charge in [-0.15, -0.1) is 0 Å². The molecule has 0 saturated heterocycles. The van der Waals surface area contributed by atoms with Crippen LogP contribution in [0.1, 0.15) is 16.8 Å². The topological polar surface area (TPSA) is 62.6 Å². The average Bonchev–Trinajstić information content (AvgIpc) is 2.47. The molecule has 1 amide bonds. The molecule has 0 spiro atoms. The molecule has 0 heterocycles. The minimum absolute atomic E-state index is 0.0120. The van der Waals surface area contributed by atoms with Crippen molar-refractivity contribution < 1.29 is 23.0 Å². The molecule has 0 aliphatic heterocycles. The van der Waals surface area contributed by atoms with Crippen LogP contribution in [0.15, 0.2) is 24.3 Å². The van der Waals surface area contributed by atoms with Crippen LogP contribution in [-0.4, -0.2) is 44.2 Å². The van der Waals surface area contributed by atoms with E-state index in [9.17, 15) is 13.6 Å². The van der Waals surface area contributed by atoms with Crippen molar-refractivity contribution in [3.05, 3.63) is 29.8 Å². The number of carbonyl (C=O) groups is 1. The summed E-state index contributed by atoms with van der Waals surface area (Å²) in [6.45, 7) is -1.91. The fourth-order valence-corrected chi connectivity index (χ4v) is 1.66. The highest BCUT2D eigenvalue weighted by atomic mass is 19.3. The van der Waals surface area contributed by atoms with E-state index in [0.717, 1.165) is 0 Å². The van der Waals surface area contributed by atoms with E-state index in [1.807, 2.05) is 6.07 Å². The average molecular weight is 298 g/mol. The predicted octanol–water partition coefficient (Wildman–Crippen LogP) is 2.29. The van der Waals surface area contributed by atoms with Crippen molar-refractivity contribution >= 4 is 5.91 Å². The number of carbonyl (C=O) groups excluding carboxylic acids is 1. The van der Waals surface area contributed by atoms with Gasteiger partial charge in [0.1, 0.15) is 5.75 Å². The highest BCUT2D eigenvalue weighted by Gasteiger charge is 2.15. The van der Waals surface area contributed by atoms with Gasteiger partial charge in [-0.1, -0.05) is 0 Å². The Hall–Kier alpha value is -2.20. The quantitative estimate of drug-likeness (QED) is 0.738. The summed E-state index contributed by atoms with van der Waals surface area (Å²) < 4.78 is 33.2. The highest BCUT2D eigenvalue weighted by Crippen LogP contribution is 2.16. The zero-order chi connectivity index (χ0) is 15.7. The molecule has 0 unspecified atom stereocenters. The Bertz CT molecular complexity index is 486. The van der Waals surface area contributed by atoms with Crippen LogP contribution in [0.2, 0.25) is 0 Å². The Morgan fingerprint density at radius 3 is 2.52 bits per heavy atom. The van der Waals surface area contributed by atoms with Gasteiger partial charge in [-0.25, -0.2) is 0 Å². The van der Waals surface area contributed by atoms with Crippen LogP contribution in [0.3, 0.4) is 0 Å². The lowest BCUT2D eigenvalue weighted by atomic mass is 10.2. The highest BCUT2D eigenvalue weighted by molar-refractivity contribution is 5.94. The number of alkyl halides is 2. The van der Waals surface area contributed by atoms with Crippen LogP contribution in [0, 0.1) is 11.3 Å². The summed E-state index contributed by atoms with van der Waals surface area (Å²) in [4.78, 5) is 13.7. The van der Waals surface area contributed by atoms with E-state index in [-0.39, 0.29) is 24.6 Å². The number of ether oxygens (including phenoxy) is 2. The predicted molar refractivity (Wildman–Crippen MR) is 71.1 cm³/mol. The fraction of sp³-hybridized carbons (Fsp3) is 0.429. The van der Waals surface area contributed by atoms with Crippen LogP contribution >= 0.6 is 0 Å². The molecule has 0 aromatic heterocycles. The number of nitriles is 1. The van der Waals surface area contributed by atoms with E-state index in [0.29, 0.717) is 18.7 Å². The first-order chi connectivity index (χ1) is 10.1. The lowest BCUT2D eigenvalue weighted by Crippen LogP contribution is -2.34. The van der Waals surface area contributed by atoms with Gasteiger partial charge in [-0.2, -0.15) is 14.0 Å². The Morgan fingerprint density at radius 1 is 1.33 bits per heavy atom. The summed E-state index contributed by atoms with van der Waals surface area (Å²) in [6.07, 6.45) is 0.210. The van der Waals surface area contributed by atoms with E-state index < -0.39 is 6.61 Å². The third-order valence-electron chi connectivity index (χ3n) is 2.67. The maximum Gasteiger partial charge on any atom is 0.387 e.